The highest BCUT2D eigenvalue weighted by Gasteiger charge is 2.38. The molecule has 1 aliphatic rings. The molecule has 1 aliphatic carbocycles. The number of nitrogens with two attached hydrogens (primary N) is 1. The number of nitrogens with zero attached hydrogens (tertiary/aromatic N) is 2. The van der Waals surface area contributed by atoms with Crippen LogP contribution in [0.25, 0.3) is 0 Å². The van der Waals surface area contributed by atoms with E-state index in [0.29, 0.717) is 18.0 Å². The zero-order valence-corrected chi connectivity index (χ0v) is 13.9. The van der Waals surface area contributed by atoms with Crippen LogP contribution in [0.4, 0.5) is 0 Å². The van der Waals surface area contributed by atoms with Crippen molar-refractivity contribution in [2.75, 3.05) is 6.54 Å². The molecule has 2 N–H and O–H groups in total. The van der Waals surface area contributed by atoms with Crippen LogP contribution in [0.2, 0.25) is 5.02 Å². The van der Waals surface area contributed by atoms with Crippen molar-refractivity contribution in [3.05, 3.63) is 16.4 Å². The molecule has 0 unspecified atom stereocenters. The van der Waals surface area contributed by atoms with Gasteiger partial charge in [0.2, 0.25) is 0 Å². The summed E-state index contributed by atoms with van der Waals surface area (Å²) >= 11 is 6.41. The molecule has 5 heteroatoms. The molecule has 21 heavy (non-hydrogen) atoms. The molecular formula is C16H26ClN3O. The Morgan fingerprint density at radius 2 is 2.00 bits per heavy atom. The van der Waals surface area contributed by atoms with E-state index in [0.717, 1.165) is 50.0 Å². The molecule has 0 amide bonds. The molecule has 1 aromatic rings. The van der Waals surface area contributed by atoms with Gasteiger partial charge in [-0.2, -0.15) is 5.10 Å². The van der Waals surface area contributed by atoms with Crippen molar-refractivity contribution >= 4 is 17.4 Å². The molecule has 4 nitrogen and oxygen atoms in total. The number of hydrogen-bond acceptors (Lipinski definition) is 3. The van der Waals surface area contributed by atoms with Gasteiger partial charge in [-0.1, -0.05) is 37.8 Å². The summed E-state index contributed by atoms with van der Waals surface area (Å²) in [6, 6.07) is 0. The summed E-state index contributed by atoms with van der Waals surface area (Å²) in [6.45, 7) is 5.24. The number of aromatic nitrogens is 2. The Bertz CT molecular complexity index is 504. The van der Waals surface area contributed by atoms with Gasteiger partial charge in [-0.3, -0.25) is 9.48 Å². The molecule has 0 radical (unpaired) electrons. The van der Waals surface area contributed by atoms with Crippen molar-refractivity contribution in [2.45, 2.75) is 65.3 Å². The zero-order chi connectivity index (χ0) is 15.5. The number of halogens is 1. The van der Waals surface area contributed by atoms with E-state index >= 15 is 0 Å². The van der Waals surface area contributed by atoms with Gasteiger partial charge in [0.05, 0.1) is 22.8 Å². The lowest BCUT2D eigenvalue weighted by Gasteiger charge is -2.34. The molecule has 1 fully saturated rings. The largest absolute Gasteiger partial charge is 0.329 e. The lowest BCUT2D eigenvalue weighted by Crippen LogP contribution is -2.41. The molecule has 0 saturated heterocycles. The van der Waals surface area contributed by atoms with E-state index in [1.54, 1.807) is 0 Å². The highest BCUT2D eigenvalue weighted by atomic mass is 35.5. The predicted molar refractivity (Wildman–Crippen MR) is 85.6 cm³/mol. The number of rotatable bonds is 6. The van der Waals surface area contributed by atoms with Crippen LogP contribution < -0.4 is 5.73 Å². The summed E-state index contributed by atoms with van der Waals surface area (Å²) in [5.41, 5.74) is 7.36. The number of carbonyl (C=O) groups excluding carboxylic acids is 1. The van der Waals surface area contributed by atoms with Crippen molar-refractivity contribution in [2.24, 2.45) is 11.1 Å². The van der Waals surface area contributed by atoms with E-state index in [-0.39, 0.29) is 11.2 Å². The maximum absolute atomic E-state index is 12.9. The molecule has 1 saturated carbocycles. The Balaban J connectivity index is 2.24. The van der Waals surface area contributed by atoms with Crippen molar-refractivity contribution in [3.63, 3.8) is 0 Å². The summed E-state index contributed by atoms with van der Waals surface area (Å²) in [4.78, 5) is 12.9. The second-order valence-electron chi connectivity index (χ2n) is 6.02. The highest BCUT2D eigenvalue weighted by Crippen LogP contribution is 2.37. The topological polar surface area (TPSA) is 60.9 Å². The normalized spacial score (nSPS) is 17.9. The standard InChI is InChI=1S/C16H26ClN3O/c1-3-12-15(17)13(20(4-2)19-12)10-14(21)16(11-18)8-6-5-7-9-16/h3-11,18H2,1-2H3. The Kier molecular flexibility index (Phi) is 5.44. The number of carbonyl (C=O) groups is 1. The maximum atomic E-state index is 12.9. The van der Waals surface area contributed by atoms with Crippen molar-refractivity contribution in [3.8, 4) is 0 Å². The van der Waals surface area contributed by atoms with E-state index < -0.39 is 0 Å². The summed E-state index contributed by atoms with van der Waals surface area (Å²) in [5, 5.41) is 5.16. The average molecular weight is 312 g/mol. The van der Waals surface area contributed by atoms with Gasteiger partial charge in [0, 0.05) is 18.5 Å². The third-order valence-electron chi connectivity index (χ3n) is 4.82. The molecule has 118 valence electrons. The minimum Gasteiger partial charge on any atom is -0.329 e. The van der Waals surface area contributed by atoms with E-state index in [9.17, 15) is 4.79 Å². The van der Waals surface area contributed by atoms with Crippen LogP contribution in [0.5, 0.6) is 0 Å². The van der Waals surface area contributed by atoms with Crippen molar-refractivity contribution in [1.29, 1.82) is 0 Å². The third-order valence-corrected chi connectivity index (χ3v) is 5.25. The van der Waals surface area contributed by atoms with Crippen LogP contribution in [0, 0.1) is 5.41 Å². The second-order valence-corrected chi connectivity index (χ2v) is 6.40. The van der Waals surface area contributed by atoms with Gasteiger partial charge in [0.15, 0.2) is 0 Å². The summed E-state index contributed by atoms with van der Waals surface area (Å²) in [6.07, 6.45) is 6.39. The predicted octanol–water partition coefficient (Wildman–Crippen LogP) is 3.14. The summed E-state index contributed by atoms with van der Waals surface area (Å²) < 4.78 is 1.87. The molecule has 1 aromatic heterocycles. The summed E-state index contributed by atoms with van der Waals surface area (Å²) in [5.74, 6) is 0.240. The van der Waals surface area contributed by atoms with Crippen LogP contribution >= 0.6 is 11.6 Å². The van der Waals surface area contributed by atoms with Crippen LogP contribution in [0.15, 0.2) is 0 Å². The van der Waals surface area contributed by atoms with Gasteiger partial charge >= 0.3 is 0 Å². The monoisotopic (exact) mass is 311 g/mol. The summed E-state index contributed by atoms with van der Waals surface area (Å²) in [7, 11) is 0. The zero-order valence-electron chi connectivity index (χ0n) is 13.1. The van der Waals surface area contributed by atoms with Gasteiger partial charge in [0.25, 0.3) is 0 Å². The molecule has 0 spiro atoms. The van der Waals surface area contributed by atoms with E-state index in [1.807, 2.05) is 18.5 Å². The lowest BCUT2D eigenvalue weighted by atomic mass is 9.70. The Hall–Kier alpha value is -0.870. The van der Waals surface area contributed by atoms with Crippen LogP contribution in [-0.2, 0) is 24.2 Å². The Morgan fingerprint density at radius 1 is 1.33 bits per heavy atom. The SMILES string of the molecule is CCc1nn(CC)c(CC(=O)C2(CN)CCCCC2)c1Cl. The van der Waals surface area contributed by atoms with Gasteiger partial charge in [-0.05, 0) is 26.2 Å². The number of aryl methyl sites for hydroxylation is 2. The fourth-order valence-electron chi connectivity index (χ4n) is 3.35. The minimum atomic E-state index is -0.337. The van der Waals surface area contributed by atoms with Gasteiger partial charge in [0.1, 0.15) is 5.78 Å². The van der Waals surface area contributed by atoms with Crippen molar-refractivity contribution in [1.82, 2.24) is 9.78 Å². The maximum Gasteiger partial charge on any atom is 0.146 e. The fourth-order valence-corrected chi connectivity index (χ4v) is 3.69. The number of Topliss-reactive ketones (excluding diaryl/α,β-unsaturated/α-hetero) is 1. The molecule has 0 bridgehead atoms. The molecule has 0 atom stereocenters. The number of hydrogen-bond donors (Lipinski definition) is 1. The first-order valence-corrected chi connectivity index (χ1v) is 8.43. The fraction of sp³-hybridized carbons (Fsp3) is 0.750. The molecule has 0 aromatic carbocycles. The molecule has 2 rings (SSSR count). The lowest BCUT2D eigenvalue weighted by molar-refractivity contribution is -0.129. The van der Waals surface area contributed by atoms with E-state index in [2.05, 4.69) is 5.10 Å². The first-order valence-electron chi connectivity index (χ1n) is 8.05. The molecule has 0 aliphatic heterocycles. The Morgan fingerprint density at radius 3 is 2.52 bits per heavy atom. The molecule has 1 heterocycles. The van der Waals surface area contributed by atoms with Gasteiger partial charge < -0.3 is 5.73 Å². The van der Waals surface area contributed by atoms with E-state index in [4.69, 9.17) is 17.3 Å². The second kappa shape index (κ2) is 6.93. The van der Waals surface area contributed by atoms with Gasteiger partial charge in [-0.15, -0.1) is 0 Å². The smallest absolute Gasteiger partial charge is 0.146 e. The first-order chi connectivity index (χ1) is 10.1. The highest BCUT2D eigenvalue weighted by molar-refractivity contribution is 6.32. The average Bonchev–Trinajstić information content (AvgIpc) is 2.83. The van der Waals surface area contributed by atoms with Crippen LogP contribution in [-0.4, -0.2) is 22.1 Å². The van der Waals surface area contributed by atoms with Crippen molar-refractivity contribution < 1.29 is 4.79 Å². The minimum absolute atomic E-state index is 0.240. The third kappa shape index (κ3) is 3.16. The molecular weight excluding hydrogens is 286 g/mol. The number of ketones is 1. The quantitative estimate of drug-likeness (QED) is 0.878. The van der Waals surface area contributed by atoms with E-state index in [1.165, 1.54) is 6.42 Å². The van der Waals surface area contributed by atoms with Crippen LogP contribution in [0.1, 0.15) is 57.3 Å². The first kappa shape index (κ1) is 16.5. The Labute approximate surface area is 132 Å². The van der Waals surface area contributed by atoms with Gasteiger partial charge in [-0.25, -0.2) is 0 Å². The van der Waals surface area contributed by atoms with Crippen LogP contribution in [0.3, 0.4) is 0 Å².